The fourth-order valence-electron chi connectivity index (χ4n) is 3.33. The molecule has 0 unspecified atom stereocenters. The molecule has 0 radical (unpaired) electrons. The highest BCUT2D eigenvalue weighted by Gasteiger charge is 2.18. The fourth-order valence-corrected chi connectivity index (χ4v) is 3.33. The Bertz CT molecular complexity index is 1020. The van der Waals surface area contributed by atoms with Gasteiger partial charge in [0.1, 0.15) is 18.2 Å². The second-order valence-electron chi connectivity index (χ2n) is 6.66. The van der Waals surface area contributed by atoms with Crippen LogP contribution in [0, 0.1) is 12.3 Å². The predicted molar refractivity (Wildman–Crippen MR) is 110 cm³/mol. The minimum Gasteiger partial charge on any atom is -0.493 e. The summed E-state index contributed by atoms with van der Waals surface area (Å²) >= 11 is 0. The summed E-state index contributed by atoms with van der Waals surface area (Å²) in [6, 6.07) is 11.5. The maximum Gasteiger partial charge on any atom is 0.162 e. The van der Waals surface area contributed by atoms with Crippen LogP contribution in [0.25, 0.3) is 10.9 Å². The monoisotopic (exact) mass is 374 g/mol. The molecule has 1 aliphatic rings. The van der Waals surface area contributed by atoms with Crippen molar-refractivity contribution in [2.75, 3.05) is 25.5 Å². The van der Waals surface area contributed by atoms with Crippen molar-refractivity contribution in [3.05, 3.63) is 48.3 Å². The number of nitrogens with zero attached hydrogens (tertiary/aromatic N) is 2. The Morgan fingerprint density at radius 1 is 1.14 bits per heavy atom. The van der Waals surface area contributed by atoms with Crippen molar-refractivity contribution in [1.82, 2.24) is 15.3 Å². The first kappa shape index (κ1) is 18.1. The first-order chi connectivity index (χ1) is 13.8. The number of aromatic nitrogens is 2. The van der Waals surface area contributed by atoms with Crippen LogP contribution in [-0.2, 0) is 0 Å². The number of hydrogen-bond donors (Lipinski definition) is 2. The van der Waals surface area contributed by atoms with Crippen molar-refractivity contribution in [3.8, 4) is 23.8 Å². The molecule has 1 aromatic heterocycles. The van der Waals surface area contributed by atoms with E-state index < -0.39 is 0 Å². The third-order valence-corrected chi connectivity index (χ3v) is 4.79. The van der Waals surface area contributed by atoms with Crippen molar-refractivity contribution in [1.29, 1.82) is 0 Å². The highest BCUT2D eigenvalue weighted by molar-refractivity contribution is 5.93. The van der Waals surface area contributed by atoms with Crippen LogP contribution in [0.5, 0.6) is 11.5 Å². The molecule has 6 heteroatoms. The molecule has 0 amide bonds. The molecule has 0 saturated carbocycles. The summed E-state index contributed by atoms with van der Waals surface area (Å²) in [5, 5.41) is 7.55. The molecular weight excluding hydrogens is 352 g/mol. The van der Waals surface area contributed by atoms with E-state index >= 15 is 0 Å². The summed E-state index contributed by atoms with van der Waals surface area (Å²) in [5.74, 6) is 4.71. The lowest BCUT2D eigenvalue weighted by molar-refractivity contribution is 0.157. The van der Waals surface area contributed by atoms with Crippen LogP contribution in [0.1, 0.15) is 18.4 Å². The second-order valence-corrected chi connectivity index (χ2v) is 6.66. The summed E-state index contributed by atoms with van der Waals surface area (Å²) in [6.07, 6.45) is 9.14. The molecule has 2 aromatic carbocycles. The van der Waals surface area contributed by atoms with E-state index in [-0.39, 0.29) is 6.10 Å². The lowest BCUT2D eigenvalue weighted by Crippen LogP contribution is -2.34. The fraction of sp³-hybridized carbons (Fsp3) is 0.273. The number of ether oxygens (including phenoxy) is 2. The lowest BCUT2D eigenvalue weighted by Gasteiger charge is -2.25. The van der Waals surface area contributed by atoms with Gasteiger partial charge in [0.05, 0.1) is 12.6 Å². The number of benzene rings is 2. The average molecular weight is 374 g/mol. The van der Waals surface area contributed by atoms with E-state index in [1.54, 1.807) is 7.11 Å². The maximum absolute atomic E-state index is 6.25. The third-order valence-electron chi connectivity index (χ3n) is 4.79. The Labute approximate surface area is 164 Å². The smallest absolute Gasteiger partial charge is 0.162 e. The van der Waals surface area contributed by atoms with Crippen LogP contribution in [0.15, 0.2) is 42.7 Å². The molecule has 2 heterocycles. The van der Waals surface area contributed by atoms with Gasteiger partial charge in [-0.15, -0.1) is 6.42 Å². The number of nitrogens with one attached hydrogen (secondary N) is 2. The molecule has 1 fully saturated rings. The zero-order valence-electron chi connectivity index (χ0n) is 15.7. The van der Waals surface area contributed by atoms with E-state index in [1.165, 1.54) is 6.33 Å². The molecule has 2 N–H and O–H groups in total. The van der Waals surface area contributed by atoms with Gasteiger partial charge in [0.2, 0.25) is 0 Å². The molecule has 0 atom stereocenters. The van der Waals surface area contributed by atoms with Gasteiger partial charge in [-0.3, -0.25) is 0 Å². The van der Waals surface area contributed by atoms with Gasteiger partial charge >= 0.3 is 0 Å². The van der Waals surface area contributed by atoms with Gasteiger partial charge in [-0.05, 0) is 50.2 Å². The van der Waals surface area contributed by atoms with Gasteiger partial charge < -0.3 is 20.1 Å². The van der Waals surface area contributed by atoms with Crippen LogP contribution >= 0.6 is 0 Å². The molecular formula is C22H22N4O2. The highest BCUT2D eigenvalue weighted by Crippen LogP contribution is 2.36. The summed E-state index contributed by atoms with van der Waals surface area (Å²) in [5.41, 5.74) is 2.45. The van der Waals surface area contributed by atoms with E-state index in [9.17, 15) is 0 Å². The summed E-state index contributed by atoms with van der Waals surface area (Å²) in [6.45, 7) is 1.92. The van der Waals surface area contributed by atoms with E-state index in [0.717, 1.165) is 48.1 Å². The van der Waals surface area contributed by atoms with Gasteiger partial charge in [0.15, 0.2) is 11.5 Å². The van der Waals surface area contributed by atoms with Gasteiger partial charge in [-0.1, -0.05) is 12.0 Å². The Morgan fingerprint density at radius 2 is 2.00 bits per heavy atom. The van der Waals surface area contributed by atoms with Crippen molar-refractivity contribution >= 4 is 22.4 Å². The molecule has 28 heavy (non-hydrogen) atoms. The SMILES string of the molecule is C#Cc1cccc(Nc2ncnc3cc(OC)c(OC4CCNCC4)cc23)c1. The van der Waals surface area contributed by atoms with Gasteiger partial charge in [-0.25, -0.2) is 9.97 Å². The summed E-state index contributed by atoms with van der Waals surface area (Å²) in [4.78, 5) is 8.81. The molecule has 1 aliphatic heterocycles. The van der Waals surface area contributed by atoms with Crippen molar-refractivity contribution in [3.63, 3.8) is 0 Å². The first-order valence-electron chi connectivity index (χ1n) is 9.30. The predicted octanol–water partition coefficient (Wildman–Crippen LogP) is 3.49. The molecule has 1 saturated heterocycles. The van der Waals surface area contributed by atoms with Crippen LogP contribution < -0.4 is 20.1 Å². The average Bonchev–Trinajstić information content (AvgIpc) is 2.74. The molecule has 142 valence electrons. The van der Waals surface area contributed by atoms with Crippen molar-refractivity contribution in [2.24, 2.45) is 0 Å². The summed E-state index contributed by atoms with van der Waals surface area (Å²) < 4.78 is 11.8. The third kappa shape index (κ3) is 3.85. The topological polar surface area (TPSA) is 68.3 Å². The standard InChI is InChI=1S/C22H22N4O2/c1-3-15-5-4-6-16(11-15)26-22-18-12-21(28-17-7-9-23-10-8-17)20(27-2)13-19(18)24-14-25-22/h1,4-6,11-14,17,23H,7-10H2,2H3,(H,24,25,26). The van der Waals surface area contributed by atoms with E-state index in [2.05, 4.69) is 26.5 Å². The first-order valence-corrected chi connectivity index (χ1v) is 9.30. The van der Waals surface area contributed by atoms with Gasteiger partial charge in [-0.2, -0.15) is 0 Å². The summed E-state index contributed by atoms with van der Waals surface area (Å²) in [7, 11) is 1.64. The number of rotatable bonds is 5. The largest absolute Gasteiger partial charge is 0.493 e. The minimum absolute atomic E-state index is 0.168. The molecule has 0 spiro atoms. The van der Waals surface area contributed by atoms with Gasteiger partial charge in [0.25, 0.3) is 0 Å². The number of methoxy groups -OCH3 is 1. The van der Waals surface area contributed by atoms with E-state index in [4.69, 9.17) is 15.9 Å². The van der Waals surface area contributed by atoms with Crippen LogP contribution in [0.4, 0.5) is 11.5 Å². The Kier molecular flexibility index (Phi) is 5.27. The van der Waals surface area contributed by atoms with Crippen LogP contribution in [0.2, 0.25) is 0 Å². The van der Waals surface area contributed by atoms with Crippen LogP contribution in [0.3, 0.4) is 0 Å². The quantitative estimate of drug-likeness (QED) is 0.667. The number of hydrogen-bond acceptors (Lipinski definition) is 6. The Morgan fingerprint density at radius 3 is 2.79 bits per heavy atom. The highest BCUT2D eigenvalue weighted by atomic mass is 16.5. The number of piperidine rings is 1. The second kappa shape index (κ2) is 8.15. The maximum atomic E-state index is 6.25. The van der Waals surface area contributed by atoms with Crippen molar-refractivity contribution in [2.45, 2.75) is 18.9 Å². The zero-order valence-corrected chi connectivity index (χ0v) is 15.7. The molecule has 0 aliphatic carbocycles. The molecule has 0 bridgehead atoms. The Balaban J connectivity index is 1.70. The van der Waals surface area contributed by atoms with E-state index in [1.807, 2.05) is 36.4 Å². The lowest BCUT2D eigenvalue weighted by atomic mass is 10.1. The zero-order chi connectivity index (χ0) is 19.3. The molecule has 6 nitrogen and oxygen atoms in total. The van der Waals surface area contributed by atoms with E-state index in [0.29, 0.717) is 17.3 Å². The molecule has 4 rings (SSSR count). The Hall–Kier alpha value is -3.30. The van der Waals surface area contributed by atoms with Crippen LogP contribution in [-0.4, -0.2) is 36.3 Å². The minimum atomic E-state index is 0.168. The van der Waals surface area contributed by atoms with Crippen molar-refractivity contribution < 1.29 is 9.47 Å². The normalized spacial score (nSPS) is 14.4. The number of terminal acetylenes is 1. The number of anilines is 2. The molecule has 3 aromatic rings. The number of fused-ring (bicyclic) bond motifs is 1. The van der Waals surface area contributed by atoms with Gasteiger partial charge in [0, 0.05) is 22.7 Å².